The lowest BCUT2D eigenvalue weighted by atomic mass is 9.83. The van der Waals surface area contributed by atoms with Gasteiger partial charge in [-0.2, -0.15) is 0 Å². The molecule has 0 aliphatic carbocycles. The number of rotatable bonds is 8. The van der Waals surface area contributed by atoms with E-state index in [9.17, 15) is 10.2 Å². The first kappa shape index (κ1) is 21.1. The molecule has 128 valence electrons. The lowest BCUT2D eigenvalue weighted by Crippen LogP contribution is -2.50. The van der Waals surface area contributed by atoms with Gasteiger partial charge in [0, 0.05) is 18.4 Å². The average Bonchev–Trinajstić information content (AvgIpc) is 2.40. The first-order chi connectivity index (χ1) is 9.39. The molecule has 0 aliphatic rings. The molecule has 3 nitrogen and oxygen atoms in total. The topological polar surface area (TPSA) is 49.7 Å². The molecule has 0 aromatic rings. The van der Waals surface area contributed by atoms with Crippen LogP contribution in [0.4, 0.5) is 0 Å². The highest BCUT2D eigenvalue weighted by Gasteiger charge is 2.42. The standard InChI is InChI=1S/C17H38O3Si/c1-10-12(2)16(14(4)15(19)13(3)11-18)20-21(8,9)17(5,6)7/h12-16,18-19H,10-11H2,1-9H3/t12-,13+,14+,15-,16+/m0/s1. The van der Waals surface area contributed by atoms with Crippen molar-refractivity contribution in [1.82, 2.24) is 0 Å². The fourth-order valence-corrected chi connectivity index (χ4v) is 3.79. The second-order valence-corrected chi connectivity index (χ2v) is 13.0. The highest BCUT2D eigenvalue weighted by molar-refractivity contribution is 6.74. The molecular weight excluding hydrogens is 280 g/mol. The smallest absolute Gasteiger partial charge is 0.192 e. The number of hydrogen-bond donors (Lipinski definition) is 2. The molecule has 2 N–H and O–H groups in total. The summed E-state index contributed by atoms with van der Waals surface area (Å²) in [4.78, 5) is 0. The summed E-state index contributed by atoms with van der Waals surface area (Å²) in [5, 5.41) is 19.9. The van der Waals surface area contributed by atoms with Gasteiger partial charge in [0.25, 0.3) is 0 Å². The Labute approximate surface area is 133 Å². The van der Waals surface area contributed by atoms with Crippen molar-refractivity contribution in [2.45, 2.75) is 85.2 Å². The van der Waals surface area contributed by atoms with Crippen molar-refractivity contribution in [3.8, 4) is 0 Å². The summed E-state index contributed by atoms with van der Waals surface area (Å²) in [5.41, 5.74) is 0. The second-order valence-electron chi connectivity index (χ2n) is 8.24. The molecule has 21 heavy (non-hydrogen) atoms. The molecule has 0 saturated heterocycles. The van der Waals surface area contributed by atoms with Crippen LogP contribution in [0.5, 0.6) is 0 Å². The molecule has 0 fully saturated rings. The van der Waals surface area contributed by atoms with E-state index >= 15 is 0 Å². The van der Waals surface area contributed by atoms with Gasteiger partial charge in [0.1, 0.15) is 0 Å². The minimum Gasteiger partial charge on any atom is -0.413 e. The maximum absolute atomic E-state index is 10.5. The fourth-order valence-electron chi connectivity index (χ4n) is 2.31. The van der Waals surface area contributed by atoms with Crippen LogP contribution >= 0.6 is 0 Å². The van der Waals surface area contributed by atoms with Crippen molar-refractivity contribution < 1.29 is 14.6 Å². The van der Waals surface area contributed by atoms with E-state index in [-0.39, 0.29) is 29.6 Å². The molecule has 0 aliphatic heterocycles. The van der Waals surface area contributed by atoms with E-state index in [0.717, 1.165) is 6.42 Å². The van der Waals surface area contributed by atoms with E-state index in [4.69, 9.17) is 4.43 Å². The van der Waals surface area contributed by atoms with Crippen LogP contribution in [0, 0.1) is 17.8 Å². The van der Waals surface area contributed by atoms with Gasteiger partial charge in [-0.25, -0.2) is 0 Å². The van der Waals surface area contributed by atoms with Crippen LogP contribution in [-0.4, -0.2) is 37.3 Å². The molecular formula is C17H38O3Si. The Morgan fingerprint density at radius 2 is 1.52 bits per heavy atom. The van der Waals surface area contributed by atoms with Crippen LogP contribution in [0.25, 0.3) is 0 Å². The minimum atomic E-state index is -1.87. The van der Waals surface area contributed by atoms with Crippen LogP contribution in [0.2, 0.25) is 18.1 Å². The van der Waals surface area contributed by atoms with E-state index < -0.39 is 14.4 Å². The van der Waals surface area contributed by atoms with Crippen molar-refractivity contribution >= 4 is 8.32 Å². The number of aliphatic hydroxyl groups is 2. The number of aliphatic hydroxyl groups excluding tert-OH is 2. The summed E-state index contributed by atoms with van der Waals surface area (Å²) in [6, 6.07) is 0. The van der Waals surface area contributed by atoms with E-state index in [1.807, 2.05) is 6.92 Å². The third kappa shape index (κ3) is 5.66. The second kappa shape index (κ2) is 8.09. The van der Waals surface area contributed by atoms with Crippen LogP contribution in [-0.2, 0) is 4.43 Å². The molecule has 0 saturated carbocycles. The fraction of sp³-hybridized carbons (Fsp3) is 1.00. The highest BCUT2D eigenvalue weighted by atomic mass is 28.4. The summed E-state index contributed by atoms with van der Waals surface area (Å²) in [6.07, 6.45) is 0.544. The normalized spacial score (nSPS) is 20.7. The molecule has 0 amide bonds. The van der Waals surface area contributed by atoms with Gasteiger partial charge in [0.2, 0.25) is 0 Å². The summed E-state index contributed by atoms with van der Waals surface area (Å²) in [5.74, 6) is 0.306. The monoisotopic (exact) mass is 318 g/mol. The van der Waals surface area contributed by atoms with Gasteiger partial charge in [0.05, 0.1) is 12.2 Å². The van der Waals surface area contributed by atoms with E-state index in [1.165, 1.54) is 0 Å². The van der Waals surface area contributed by atoms with Crippen molar-refractivity contribution in [2.75, 3.05) is 6.61 Å². The maximum Gasteiger partial charge on any atom is 0.192 e. The van der Waals surface area contributed by atoms with Gasteiger partial charge >= 0.3 is 0 Å². The van der Waals surface area contributed by atoms with Gasteiger partial charge in [-0.3, -0.25) is 0 Å². The zero-order valence-corrected chi connectivity index (χ0v) is 16.6. The molecule has 0 unspecified atom stereocenters. The molecule has 5 atom stereocenters. The van der Waals surface area contributed by atoms with Crippen LogP contribution in [0.1, 0.15) is 54.9 Å². The Hall–Kier alpha value is 0.0969. The van der Waals surface area contributed by atoms with Crippen LogP contribution in [0.3, 0.4) is 0 Å². The molecule has 0 radical (unpaired) electrons. The maximum atomic E-state index is 10.5. The Morgan fingerprint density at radius 1 is 1.05 bits per heavy atom. The van der Waals surface area contributed by atoms with Crippen LogP contribution in [0.15, 0.2) is 0 Å². The average molecular weight is 319 g/mol. The lowest BCUT2D eigenvalue weighted by molar-refractivity contribution is -0.0330. The predicted octanol–water partition coefficient (Wildman–Crippen LogP) is 4.05. The van der Waals surface area contributed by atoms with Crippen molar-refractivity contribution in [3.63, 3.8) is 0 Å². The molecule has 4 heteroatoms. The summed E-state index contributed by atoms with van der Waals surface area (Å²) in [7, 11) is -1.87. The van der Waals surface area contributed by atoms with Crippen molar-refractivity contribution in [2.24, 2.45) is 17.8 Å². The first-order valence-electron chi connectivity index (χ1n) is 8.35. The Balaban J connectivity index is 5.23. The Bertz CT molecular complexity index is 299. The quantitative estimate of drug-likeness (QED) is 0.664. The van der Waals surface area contributed by atoms with Crippen molar-refractivity contribution in [1.29, 1.82) is 0 Å². The Morgan fingerprint density at radius 3 is 1.86 bits per heavy atom. The van der Waals surface area contributed by atoms with E-state index in [2.05, 4.69) is 54.6 Å². The largest absolute Gasteiger partial charge is 0.413 e. The van der Waals surface area contributed by atoms with Crippen LogP contribution < -0.4 is 0 Å². The Kier molecular flexibility index (Phi) is 8.13. The third-order valence-corrected chi connectivity index (χ3v) is 9.84. The van der Waals surface area contributed by atoms with Crippen molar-refractivity contribution in [3.05, 3.63) is 0 Å². The molecule has 0 spiro atoms. The highest BCUT2D eigenvalue weighted by Crippen LogP contribution is 2.40. The summed E-state index contributed by atoms with van der Waals surface area (Å²) in [6.45, 7) is 19.6. The summed E-state index contributed by atoms with van der Waals surface area (Å²) < 4.78 is 6.63. The zero-order valence-electron chi connectivity index (χ0n) is 15.6. The van der Waals surface area contributed by atoms with E-state index in [0.29, 0.717) is 5.92 Å². The lowest BCUT2D eigenvalue weighted by Gasteiger charge is -2.44. The minimum absolute atomic E-state index is 0.0127. The van der Waals surface area contributed by atoms with Gasteiger partial charge < -0.3 is 14.6 Å². The summed E-state index contributed by atoms with van der Waals surface area (Å²) >= 11 is 0. The van der Waals surface area contributed by atoms with Gasteiger partial charge in [-0.1, -0.05) is 54.9 Å². The van der Waals surface area contributed by atoms with Gasteiger partial charge in [-0.15, -0.1) is 0 Å². The van der Waals surface area contributed by atoms with Gasteiger partial charge in [0.15, 0.2) is 8.32 Å². The first-order valence-corrected chi connectivity index (χ1v) is 11.3. The molecule has 0 bridgehead atoms. The molecule has 0 heterocycles. The number of hydrogen-bond acceptors (Lipinski definition) is 3. The molecule has 0 aromatic heterocycles. The molecule has 0 aromatic carbocycles. The SMILES string of the molecule is CC[C@H](C)[C@@H](O[Si](C)(C)C(C)(C)C)[C@H](C)[C@@H](O)[C@H](C)CO. The van der Waals surface area contributed by atoms with Gasteiger partial charge in [-0.05, 0) is 24.1 Å². The molecule has 0 rings (SSSR count). The third-order valence-electron chi connectivity index (χ3n) is 5.37. The predicted molar refractivity (Wildman–Crippen MR) is 92.9 cm³/mol. The zero-order chi connectivity index (χ0) is 17.0. The van der Waals surface area contributed by atoms with E-state index in [1.54, 1.807) is 0 Å².